The van der Waals surface area contributed by atoms with Gasteiger partial charge in [-0.2, -0.15) is 0 Å². The second kappa shape index (κ2) is 5.56. The molecule has 0 aliphatic rings. The van der Waals surface area contributed by atoms with E-state index in [0.717, 1.165) is 0 Å². The highest BCUT2D eigenvalue weighted by Gasteiger charge is 2.09. The molecule has 84 valence electrons. The van der Waals surface area contributed by atoms with Crippen LogP contribution in [0, 0.1) is 5.82 Å². The molecule has 15 heavy (non-hydrogen) atoms. The van der Waals surface area contributed by atoms with Crippen LogP contribution in [0.25, 0.3) is 0 Å². The average Bonchev–Trinajstić information content (AvgIpc) is 2.21. The second-order valence-electron chi connectivity index (χ2n) is 3.37. The van der Waals surface area contributed by atoms with Gasteiger partial charge >= 0.3 is 0 Å². The lowest BCUT2D eigenvalue weighted by Gasteiger charge is -2.23. The Labute approximate surface area is 89.3 Å². The molecule has 1 rings (SSSR count). The molecule has 0 spiro atoms. The van der Waals surface area contributed by atoms with Crippen molar-refractivity contribution >= 4 is 11.4 Å². The molecule has 1 aromatic carbocycles. The van der Waals surface area contributed by atoms with E-state index in [4.69, 9.17) is 10.8 Å². The summed E-state index contributed by atoms with van der Waals surface area (Å²) in [5, 5.41) is 8.73. The van der Waals surface area contributed by atoms with Crippen molar-refractivity contribution in [3.05, 3.63) is 24.0 Å². The van der Waals surface area contributed by atoms with Crippen LogP contribution in [0.2, 0.25) is 0 Å². The first kappa shape index (κ1) is 11.8. The van der Waals surface area contributed by atoms with E-state index in [9.17, 15) is 4.39 Å². The third kappa shape index (κ3) is 3.09. The van der Waals surface area contributed by atoms with E-state index in [1.807, 2.05) is 11.8 Å². The van der Waals surface area contributed by atoms with E-state index in [0.29, 0.717) is 30.9 Å². The standard InChI is InChI=1S/C11H17FN2O/c1-2-14(6-3-7-15)11-5-4-9(13)8-10(11)12/h4-5,8,15H,2-3,6-7,13H2,1H3. The van der Waals surface area contributed by atoms with Crippen molar-refractivity contribution in [1.29, 1.82) is 0 Å². The number of nitrogens with two attached hydrogens (primary N) is 1. The zero-order valence-corrected chi connectivity index (χ0v) is 8.91. The van der Waals surface area contributed by atoms with E-state index < -0.39 is 0 Å². The molecule has 3 N–H and O–H groups in total. The van der Waals surface area contributed by atoms with Crippen molar-refractivity contribution in [3.8, 4) is 0 Å². The fourth-order valence-electron chi connectivity index (χ4n) is 1.49. The number of benzene rings is 1. The summed E-state index contributed by atoms with van der Waals surface area (Å²) in [5.74, 6) is -0.310. The van der Waals surface area contributed by atoms with Crippen LogP contribution in [0.15, 0.2) is 18.2 Å². The third-order valence-electron chi connectivity index (χ3n) is 2.28. The maximum Gasteiger partial charge on any atom is 0.148 e. The Morgan fingerprint density at radius 3 is 2.73 bits per heavy atom. The van der Waals surface area contributed by atoms with Crippen LogP contribution in [0.4, 0.5) is 15.8 Å². The number of rotatable bonds is 5. The maximum atomic E-state index is 13.5. The SMILES string of the molecule is CCN(CCCO)c1ccc(N)cc1F. The number of nitrogen functional groups attached to an aromatic ring is 1. The minimum absolute atomic E-state index is 0.118. The Kier molecular flexibility index (Phi) is 4.37. The van der Waals surface area contributed by atoms with Gasteiger partial charge < -0.3 is 15.7 Å². The van der Waals surface area contributed by atoms with Crippen molar-refractivity contribution in [2.24, 2.45) is 0 Å². The van der Waals surface area contributed by atoms with Gasteiger partial charge in [0, 0.05) is 25.4 Å². The van der Waals surface area contributed by atoms with E-state index in [-0.39, 0.29) is 12.4 Å². The first-order chi connectivity index (χ1) is 7.19. The molecule has 0 fully saturated rings. The van der Waals surface area contributed by atoms with E-state index in [2.05, 4.69) is 0 Å². The minimum atomic E-state index is -0.310. The number of hydrogen-bond acceptors (Lipinski definition) is 3. The summed E-state index contributed by atoms with van der Waals surface area (Å²) < 4.78 is 13.5. The first-order valence-corrected chi connectivity index (χ1v) is 5.10. The van der Waals surface area contributed by atoms with Gasteiger partial charge in [-0.05, 0) is 31.5 Å². The summed E-state index contributed by atoms with van der Waals surface area (Å²) in [5.41, 5.74) is 6.44. The number of aliphatic hydroxyl groups is 1. The smallest absolute Gasteiger partial charge is 0.148 e. The molecule has 0 unspecified atom stereocenters. The van der Waals surface area contributed by atoms with E-state index in [1.54, 1.807) is 12.1 Å². The Balaban J connectivity index is 2.81. The molecule has 0 heterocycles. The summed E-state index contributed by atoms with van der Waals surface area (Å²) >= 11 is 0. The number of anilines is 2. The van der Waals surface area contributed by atoms with Gasteiger partial charge in [-0.25, -0.2) is 4.39 Å². The first-order valence-electron chi connectivity index (χ1n) is 5.10. The van der Waals surface area contributed by atoms with Crippen molar-refractivity contribution < 1.29 is 9.50 Å². The summed E-state index contributed by atoms with van der Waals surface area (Å²) in [7, 11) is 0. The zero-order valence-electron chi connectivity index (χ0n) is 8.91. The Hall–Kier alpha value is -1.29. The fraction of sp³-hybridized carbons (Fsp3) is 0.455. The van der Waals surface area contributed by atoms with Crippen LogP contribution >= 0.6 is 0 Å². The van der Waals surface area contributed by atoms with Gasteiger partial charge in [0.1, 0.15) is 5.82 Å². The summed E-state index contributed by atoms with van der Waals surface area (Å²) in [6.07, 6.45) is 0.637. The van der Waals surface area contributed by atoms with Crippen molar-refractivity contribution in [1.82, 2.24) is 0 Å². The molecule has 4 heteroatoms. The quantitative estimate of drug-likeness (QED) is 0.729. The molecular weight excluding hydrogens is 195 g/mol. The molecule has 0 amide bonds. The van der Waals surface area contributed by atoms with Crippen LogP contribution < -0.4 is 10.6 Å². The highest BCUT2D eigenvalue weighted by atomic mass is 19.1. The van der Waals surface area contributed by atoms with Gasteiger partial charge in [0.05, 0.1) is 5.69 Å². The molecule has 0 bridgehead atoms. The highest BCUT2D eigenvalue weighted by molar-refractivity contribution is 5.54. The van der Waals surface area contributed by atoms with Gasteiger partial charge in [-0.3, -0.25) is 0 Å². The molecular formula is C11H17FN2O. The van der Waals surface area contributed by atoms with Gasteiger partial charge in [0.25, 0.3) is 0 Å². The van der Waals surface area contributed by atoms with E-state index >= 15 is 0 Å². The zero-order chi connectivity index (χ0) is 11.3. The number of halogens is 1. The van der Waals surface area contributed by atoms with Crippen molar-refractivity contribution in [2.75, 3.05) is 30.3 Å². The van der Waals surface area contributed by atoms with Crippen LogP contribution in [-0.4, -0.2) is 24.8 Å². The average molecular weight is 212 g/mol. The molecule has 0 aliphatic heterocycles. The maximum absolute atomic E-state index is 13.5. The molecule has 0 radical (unpaired) electrons. The van der Waals surface area contributed by atoms with Gasteiger partial charge in [-0.15, -0.1) is 0 Å². The molecule has 0 saturated carbocycles. The van der Waals surface area contributed by atoms with Gasteiger partial charge in [0.2, 0.25) is 0 Å². The molecule has 0 aromatic heterocycles. The molecule has 0 aliphatic carbocycles. The summed E-state index contributed by atoms with van der Waals surface area (Å²) in [6, 6.07) is 4.67. The number of aliphatic hydroxyl groups excluding tert-OH is 1. The fourth-order valence-corrected chi connectivity index (χ4v) is 1.49. The minimum Gasteiger partial charge on any atom is -0.399 e. The van der Waals surface area contributed by atoms with Gasteiger partial charge in [-0.1, -0.05) is 0 Å². The molecule has 3 nitrogen and oxygen atoms in total. The highest BCUT2D eigenvalue weighted by Crippen LogP contribution is 2.21. The molecule has 0 atom stereocenters. The summed E-state index contributed by atoms with van der Waals surface area (Å²) in [4.78, 5) is 1.88. The number of hydrogen-bond donors (Lipinski definition) is 2. The van der Waals surface area contributed by atoms with Crippen molar-refractivity contribution in [3.63, 3.8) is 0 Å². The topological polar surface area (TPSA) is 49.5 Å². The summed E-state index contributed by atoms with van der Waals surface area (Å²) in [6.45, 7) is 3.43. The lowest BCUT2D eigenvalue weighted by atomic mass is 10.2. The Bertz CT molecular complexity index is 317. The monoisotopic (exact) mass is 212 g/mol. The van der Waals surface area contributed by atoms with Gasteiger partial charge in [0.15, 0.2) is 0 Å². The van der Waals surface area contributed by atoms with Crippen LogP contribution in [0.1, 0.15) is 13.3 Å². The van der Waals surface area contributed by atoms with Crippen LogP contribution in [0.5, 0.6) is 0 Å². The third-order valence-corrected chi connectivity index (χ3v) is 2.28. The molecule has 1 aromatic rings. The Morgan fingerprint density at radius 1 is 1.47 bits per heavy atom. The van der Waals surface area contributed by atoms with Crippen LogP contribution in [-0.2, 0) is 0 Å². The second-order valence-corrected chi connectivity index (χ2v) is 3.37. The predicted molar refractivity (Wildman–Crippen MR) is 60.4 cm³/mol. The van der Waals surface area contributed by atoms with Crippen molar-refractivity contribution in [2.45, 2.75) is 13.3 Å². The molecule has 0 saturated heterocycles. The van der Waals surface area contributed by atoms with Crippen LogP contribution in [0.3, 0.4) is 0 Å². The Morgan fingerprint density at radius 2 is 2.20 bits per heavy atom. The lowest BCUT2D eigenvalue weighted by molar-refractivity contribution is 0.289. The lowest BCUT2D eigenvalue weighted by Crippen LogP contribution is -2.25. The largest absolute Gasteiger partial charge is 0.399 e. The predicted octanol–water partition coefficient (Wildman–Crippen LogP) is 1.62. The van der Waals surface area contributed by atoms with E-state index in [1.165, 1.54) is 6.07 Å². The number of nitrogens with zero attached hydrogens (tertiary/aromatic N) is 1. The normalized spacial score (nSPS) is 10.3.